The topological polar surface area (TPSA) is 84.9 Å². The van der Waals surface area contributed by atoms with Crippen molar-refractivity contribution in [2.75, 3.05) is 14.2 Å². The number of ether oxygens (including phenoxy) is 2. The molecule has 34 heavy (non-hydrogen) atoms. The molecule has 0 bridgehead atoms. The molecule has 0 aliphatic carbocycles. The number of methoxy groups -OCH3 is 2. The number of nitrogens with one attached hydrogen (secondary N) is 1. The molecular weight excluding hydrogens is 452 g/mol. The maximum atomic E-state index is 13.7. The summed E-state index contributed by atoms with van der Waals surface area (Å²) in [5.41, 5.74) is 1.36. The second-order valence-electron chi connectivity index (χ2n) is 7.99. The van der Waals surface area contributed by atoms with Crippen LogP contribution in [-0.2, 0) is 20.9 Å². The standard InChI is InChI=1S/C26H26N2O5S/c1-32-19-12-10-17(11-13-19)16-27-24(29)21-15-20(26(31)33-2)23(22-9-6-14-34-22)28(21)25(30)18-7-4-3-5-8-18/h3-14,20-21,23H,15-16H2,1-2H3,(H,27,29). The maximum absolute atomic E-state index is 13.7. The first-order valence-corrected chi connectivity index (χ1v) is 11.8. The number of rotatable bonds is 7. The average molecular weight is 479 g/mol. The number of hydrogen-bond donors (Lipinski definition) is 1. The highest BCUT2D eigenvalue weighted by molar-refractivity contribution is 7.10. The van der Waals surface area contributed by atoms with E-state index in [1.165, 1.54) is 18.4 Å². The van der Waals surface area contributed by atoms with E-state index in [0.29, 0.717) is 12.1 Å². The van der Waals surface area contributed by atoms with Crippen molar-refractivity contribution in [1.29, 1.82) is 0 Å². The molecule has 1 aliphatic rings. The number of likely N-dealkylation sites (tertiary alicyclic amines) is 1. The highest BCUT2D eigenvalue weighted by Crippen LogP contribution is 2.44. The zero-order chi connectivity index (χ0) is 24.1. The first-order valence-electron chi connectivity index (χ1n) is 10.9. The zero-order valence-electron chi connectivity index (χ0n) is 19.0. The Morgan fingerprint density at radius 2 is 1.74 bits per heavy atom. The van der Waals surface area contributed by atoms with Gasteiger partial charge in [0.2, 0.25) is 5.91 Å². The number of amides is 2. The van der Waals surface area contributed by atoms with Gasteiger partial charge in [-0.3, -0.25) is 14.4 Å². The Hall–Kier alpha value is -3.65. The number of hydrogen-bond acceptors (Lipinski definition) is 6. The van der Waals surface area contributed by atoms with Gasteiger partial charge in [0.05, 0.1) is 26.2 Å². The van der Waals surface area contributed by atoms with Crippen LogP contribution in [0.25, 0.3) is 0 Å². The van der Waals surface area contributed by atoms with Gasteiger partial charge in [-0.05, 0) is 47.7 Å². The maximum Gasteiger partial charge on any atom is 0.311 e. The summed E-state index contributed by atoms with van der Waals surface area (Å²) in [5.74, 6) is -0.962. The molecule has 2 amide bonds. The van der Waals surface area contributed by atoms with Gasteiger partial charge in [-0.1, -0.05) is 36.4 Å². The van der Waals surface area contributed by atoms with Crippen molar-refractivity contribution in [1.82, 2.24) is 10.2 Å². The van der Waals surface area contributed by atoms with E-state index in [0.717, 1.165) is 16.2 Å². The fourth-order valence-corrected chi connectivity index (χ4v) is 5.21. The summed E-state index contributed by atoms with van der Waals surface area (Å²) < 4.78 is 10.2. The number of esters is 1. The molecule has 0 spiro atoms. The second kappa shape index (κ2) is 10.5. The van der Waals surface area contributed by atoms with Gasteiger partial charge in [0.1, 0.15) is 11.8 Å². The average Bonchev–Trinajstić information content (AvgIpc) is 3.55. The van der Waals surface area contributed by atoms with Crippen LogP contribution in [0.5, 0.6) is 5.75 Å². The predicted molar refractivity (Wildman–Crippen MR) is 128 cm³/mol. The Morgan fingerprint density at radius 1 is 1.00 bits per heavy atom. The summed E-state index contributed by atoms with van der Waals surface area (Å²) in [7, 11) is 2.92. The van der Waals surface area contributed by atoms with Crippen molar-refractivity contribution >= 4 is 29.1 Å². The van der Waals surface area contributed by atoms with E-state index >= 15 is 0 Å². The van der Waals surface area contributed by atoms with Crippen LogP contribution in [-0.4, -0.2) is 42.9 Å². The summed E-state index contributed by atoms with van der Waals surface area (Å²) in [6.45, 7) is 0.291. The summed E-state index contributed by atoms with van der Waals surface area (Å²) in [4.78, 5) is 42.2. The largest absolute Gasteiger partial charge is 0.497 e. The third kappa shape index (κ3) is 4.82. The van der Waals surface area contributed by atoms with E-state index in [-0.39, 0.29) is 18.2 Å². The molecule has 7 nitrogen and oxygen atoms in total. The SMILES string of the molecule is COC(=O)C1CC(C(=O)NCc2ccc(OC)cc2)N(C(=O)c2ccccc2)C1c1cccs1. The Balaban J connectivity index is 1.64. The Morgan fingerprint density at radius 3 is 2.35 bits per heavy atom. The minimum atomic E-state index is -0.817. The van der Waals surface area contributed by atoms with Crippen molar-refractivity contribution in [3.8, 4) is 5.75 Å². The van der Waals surface area contributed by atoms with Crippen LogP contribution in [0.2, 0.25) is 0 Å². The number of benzene rings is 2. The lowest BCUT2D eigenvalue weighted by Gasteiger charge is -2.30. The Kier molecular flexibility index (Phi) is 7.27. The fraction of sp³-hybridized carbons (Fsp3) is 0.269. The quantitative estimate of drug-likeness (QED) is 0.522. The molecule has 0 saturated carbocycles. The summed E-state index contributed by atoms with van der Waals surface area (Å²) in [6, 6.07) is 18.5. The molecule has 1 aromatic heterocycles. The van der Waals surface area contributed by atoms with Gasteiger partial charge in [0.15, 0.2) is 0 Å². The van der Waals surface area contributed by atoms with Crippen LogP contribution in [0, 0.1) is 5.92 Å². The van der Waals surface area contributed by atoms with E-state index in [4.69, 9.17) is 9.47 Å². The lowest BCUT2D eigenvalue weighted by atomic mass is 9.97. The first-order chi connectivity index (χ1) is 16.5. The van der Waals surface area contributed by atoms with Gasteiger partial charge in [0, 0.05) is 17.0 Å². The molecular formula is C26H26N2O5S. The number of carbonyl (C=O) groups excluding carboxylic acids is 3. The molecule has 4 rings (SSSR count). The fourth-order valence-electron chi connectivity index (χ4n) is 4.32. The molecule has 1 saturated heterocycles. The number of carbonyl (C=O) groups is 3. The van der Waals surface area contributed by atoms with E-state index in [2.05, 4.69) is 5.32 Å². The van der Waals surface area contributed by atoms with E-state index < -0.39 is 24.0 Å². The van der Waals surface area contributed by atoms with Gasteiger partial charge in [-0.25, -0.2) is 0 Å². The molecule has 1 N–H and O–H groups in total. The van der Waals surface area contributed by atoms with Crippen molar-refractivity contribution in [2.45, 2.75) is 25.0 Å². The lowest BCUT2D eigenvalue weighted by molar-refractivity contribution is -0.146. The summed E-state index contributed by atoms with van der Waals surface area (Å²) >= 11 is 1.45. The van der Waals surface area contributed by atoms with E-state index in [9.17, 15) is 14.4 Å². The smallest absolute Gasteiger partial charge is 0.311 e. The summed E-state index contributed by atoms with van der Waals surface area (Å²) in [6.07, 6.45) is 0.183. The second-order valence-corrected chi connectivity index (χ2v) is 8.97. The molecule has 3 atom stereocenters. The van der Waals surface area contributed by atoms with Crippen molar-refractivity contribution < 1.29 is 23.9 Å². The van der Waals surface area contributed by atoms with Gasteiger partial charge in [-0.2, -0.15) is 0 Å². The first kappa shape index (κ1) is 23.5. The molecule has 1 aliphatic heterocycles. The Bertz CT molecular complexity index is 1130. The van der Waals surface area contributed by atoms with Crippen molar-refractivity contribution in [3.05, 3.63) is 88.1 Å². The minimum absolute atomic E-state index is 0.183. The normalized spacial score (nSPS) is 19.5. The van der Waals surface area contributed by atoms with Crippen LogP contribution < -0.4 is 10.1 Å². The van der Waals surface area contributed by atoms with Gasteiger partial charge >= 0.3 is 5.97 Å². The monoisotopic (exact) mass is 478 g/mol. The van der Waals surface area contributed by atoms with E-state index in [1.54, 1.807) is 36.3 Å². The molecule has 1 fully saturated rings. The van der Waals surface area contributed by atoms with E-state index in [1.807, 2.05) is 47.8 Å². The van der Waals surface area contributed by atoms with Crippen LogP contribution >= 0.6 is 11.3 Å². The third-order valence-electron chi connectivity index (χ3n) is 6.02. The number of nitrogens with zero attached hydrogens (tertiary/aromatic N) is 1. The van der Waals surface area contributed by atoms with Crippen molar-refractivity contribution in [3.63, 3.8) is 0 Å². The van der Waals surface area contributed by atoms with Crippen LogP contribution in [0.1, 0.15) is 33.3 Å². The molecule has 8 heteroatoms. The van der Waals surface area contributed by atoms with Gasteiger partial charge in [0.25, 0.3) is 5.91 Å². The van der Waals surface area contributed by atoms with Crippen LogP contribution in [0.15, 0.2) is 72.1 Å². The van der Waals surface area contributed by atoms with Gasteiger partial charge in [-0.15, -0.1) is 11.3 Å². The minimum Gasteiger partial charge on any atom is -0.497 e. The van der Waals surface area contributed by atoms with Crippen LogP contribution in [0.4, 0.5) is 0 Å². The number of thiophene rings is 1. The predicted octanol–water partition coefficient (Wildman–Crippen LogP) is 3.82. The molecule has 2 aromatic carbocycles. The molecule has 3 aromatic rings. The highest BCUT2D eigenvalue weighted by atomic mass is 32.1. The molecule has 176 valence electrons. The molecule has 3 unspecified atom stereocenters. The highest BCUT2D eigenvalue weighted by Gasteiger charge is 2.51. The molecule has 2 heterocycles. The Labute approximate surface area is 202 Å². The lowest BCUT2D eigenvalue weighted by Crippen LogP contribution is -2.46. The molecule has 0 radical (unpaired) electrons. The third-order valence-corrected chi connectivity index (χ3v) is 6.96. The van der Waals surface area contributed by atoms with Gasteiger partial charge < -0.3 is 19.7 Å². The summed E-state index contributed by atoms with van der Waals surface area (Å²) in [5, 5.41) is 4.83. The zero-order valence-corrected chi connectivity index (χ0v) is 19.8. The van der Waals surface area contributed by atoms with Crippen LogP contribution in [0.3, 0.4) is 0 Å². The van der Waals surface area contributed by atoms with Crippen molar-refractivity contribution in [2.24, 2.45) is 5.92 Å².